The van der Waals surface area contributed by atoms with Gasteiger partial charge in [-0.3, -0.25) is 4.55 Å². The third-order valence-corrected chi connectivity index (χ3v) is 4.11. The lowest BCUT2D eigenvalue weighted by molar-refractivity contribution is 0.133. The number of hydrogen-bond donors (Lipinski definition) is 3. The first-order valence-electron chi connectivity index (χ1n) is 7.33. The van der Waals surface area contributed by atoms with E-state index in [0.717, 1.165) is 17.7 Å². The molecular formula is C17H23NO5S. The Bertz CT molecular complexity index is 712. The highest BCUT2D eigenvalue weighted by atomic mass is 32.2. The first kappa shape index (κ1) is 20.1. The Balaban J connectivity index is 0.000000243. The fourth-order valence-electron chi connectivity index (χ4n) is 1.87. The monoisotopic (exact) mass is 353 g/mol. The summed E-state index contributed by atoms with van der Waals surface area (Å²) in [6.07, 6.45) is 0.806. The van der Waals surface area contributed by atoms with Gasteiger partial charge in [0.05, 0.1) is 12.0 Å². The molecule has 7 heteroatoms. The molecule has 0 aromatic heterocycles. The van der Waals surface area contributed by atoms with E-state index in [0.29, 0.717) is 0 Å². The Morgan fingerprint density at radius 1 is 1.08 bits per heavy atom. The molecule has 2 rings (SSSR count). The van der Waals surface area contributed by atoms with Crippen molar-refractivity contribution in [3.8, 4) is 5.75 Å². The molecule has 6 nitrogen and oxygen atoms in total. The van der Waals surface area contributed by atoms with E-state index in [1.165, 1.54) is 17.7 Å². The van der Waals surface area contributed by atoms with Gasteiger partial charge >= 0.3 is 0 Å². The molecule has 132 valence electrons. The number of ether oxygens (including phenoxy) is 1. The number of hydroxylamine groups is 1. The van der Waals surface area contributed by atoms with Gasteiger partial charge in [-0.15, -0.1) is 0 Å². The summed E-state index contributed by atoms with van der Waals surface area (Å²) in [5, 5.41) is 8.62. The molecule has 1 atom stereocenters. The smallest absolute Gasteiger partial charge is 0.294 e. The van der Waals surface area contributed by atoms with Gasteiger partial charge in [0.2, 0.25) is 0 Å². The van der Waals surface area contributed by atoms with Crippen molar-refractivity contribution in [2.45, 2.75) is 31.2 Å². The number of hydrogen-bond acceptors (Lipinski definition) is 5. The van der Waals surface area contributed by atoms with Crippen LogP contribution in [-0.2, 0) is 16.5 Å². The van der Waals surface area contributed by atoms with Gasteiger partial charge in [0.1, 0.15) is 5.75 Å². The van der Waals surface area contributed by atoms with Crippen molar-refractivity contribution in [1.29, 1.82) is 0 Å². The summed E-state index contributed by atoms with van der Waals surface area (Å²) in [6.45, 7) is 3.76. The first-order valence-corrected chi connectivity index (χ1v) is 8.77. The van der Waals surface area contributed by atoms with Crippen LogP contribution in [-0.4, -0.2) is 31.3 Å². The summed E-state index contributed by atoms with van der Waals surface area (Å²) in [6, 6.07) is 13.9. The second kappa shape index (κ2) is 9.39. The summed E-state index contributed by atoms with van der Waals surface area (Å²) in [5.74, 6) is 0.855. The van der Waals surface area contributed by atoms with Crippen molar-refractivity contribution in [2.75, 3.05) is 7.11 Å². The second-order valence-corrected chi connectivity index (χ2v) is 6.79. The maximum Gasteiger partial charge on any atom is 0.294 e. The Hall–Kier alpha value is -1.93. The van der Waals surface area contributed by atoms with Crippen molar-refractivity contribution in [3.63, 3.8) is 0 Å². The van der Waals surface area contributed by atoms with Crippen LogP contribution in [0.4, 0.5) is 0 Å². The van der Waals surface area contributed by atoms with Crippen molar-refractivity contribution in [1.82, 2.24) is 5.48 Å². The van der Waals surface area contributed by atoms with E-state index in [2.05, 4.69) is 5.48 Å². The van der Waals surface area contributed by atoms with Crippen molar-refractivity contribution < 1.29 is 22.9 Å². The second-order valence-electron chi connectivity index (χ2n) is 5.37. The maximum atomic E-state index is 10.5. The number of benzene rings is 2. The van der Waals surface area contributed by atoms with Gasteiger partial charge in [0.25, 0.3) is 10.1 Å². The van der Waals surface area contributed by atoms with E-state index in [9.17, 15) is 8.42 Å². The normalized spacial score (nSPS) is 12.0. The van der Waals surface area contributed by atoms with Crippen LogP contribution in [0.2, 0.25) is 0 Å². The van der Waals surface area contributed by atoms with Gasteiger partial charge in [0, 0.05) is 6.04 Å². The SMILES string of the molecule is COc1ccc(CC(C)NO)cc1.Cc1ccc(S(=O)(=O)O)cc1. The van der Waals surface area contributed by atoms with Crippen LogP contribution in [0.25, 0.3) is 0 Å². The van der Waals surface area contributed by atoms with Crippen LogP contribution in [0.3, 0.4) is 0 Å². The summed E-state index contributed by atoms with van der Waals surface area (Å²) >= 11 is 0. The van der Waals surface area contributed by atoms with Crippen molar-refractivity contribution in [2.24, 2.45) is 0 Å². The number of methoxy groups -OCH3 is 1. The average molecular weight is 353 g/mol. The molecule has 0 amide bonds. The molecule has 1 unspecified atom stereocenters. The van der Waals surface area contributed by atoms with Crippen LogP contribution in [0.1, 0.15) is 18.1 Å². The molecule has 0 saturated heterocycles. The van der Waals surface area contributed by atoms with Crippen LogP contribution in [0.15, 0.2) is 53.4 Å². The van der Waals surface area contributed by atoms with E-state index in [-0.39, 0.29) is 10.9 Å². The van der Waals surface area contributed by atoms with Gasteiger partial charge in [-0.1, -0.05) is 29.8 Å². The first-order chi connectivity index (χ1) is 11.3. The minimum atomic E-state index is -4.02. The zero-order valence-electron chi connectivity index (χ0n) is 13.9. The van der Waals surface area contributed by atoms with E-state index in [1.807, 2.05) is 38.1 Å². The highest BCUT2D eigenvalue weighted by Gasteiger charge is 2.06. The van der Waals surface area contributed by atoms with Crippen LogP contribution in [0, 0.1) is 6.92 Å². The highest BCUT2D eigenvalue weighted by molar-refractivity contribution is 7.85. The van der Waals surface area contributed by atoms with Crippen LogP contribution >= 0.6 is 0 Å². The summed E-state index contributed by atoms with van der Waals surface area (Å²) in [4.78, 5) is -0.0666. The lowest BCUT2D eigenvalue weighted by atomic mass is 10.1. The maximum absolute atomic E-state index is 10.5. The van der Waals surface area contributed by atoms with Gasteiger partial charge < -0.3 is 9.94 Å². The van der Waals surface area contributed by atoms with Gasteiger partial charge in [-0.25, -0.2) is 5.48 Å². The predicted molar refractivity (Wildman–Crippen MR) is 92.1 cm³/mol. The summed E-state index contributed by atoms with van der Waals surface area (Å²) in [5.41, 5.74) is 4.34. The minimum absolute atomic E-state index is 0.0666. The molecule has 0 aliphatic heterocycles. The third-order valence-electron chi connectivity index (χ3n) is 3.24. The average Bonchev–Trinajstić information content (AvgIpc) is 2.55. The molecule has 0 heterocycles. The Labute approximate surface area is 142 Å². The molecule has 24 heavy (non-hydrogen) atoms. The molecule has 0 spiro atoms. The molecule has 0 bridgehead atoms. The lowest BCUT2D eigenvalue weighted by Crippen LogP contribution is -2.24. The highest BCUT2D eigenvalue weighted by Crippen LogP contribution is 2.12. The third kappa shape index (κ3) is 7.10. The number of rotatable bonds is 5. The summed E-state index contributed by atoms with van der Waals surface area (Å²) < 4.78 is 34.6. The van der Waals surface area contributed by atoms with E-state index >= 15 is 0 Å². The van der Waals surface area contributed by atoms with Crippen LogP contribution in [0.5, 0.6) is 5.75 Å². The lowest BCUT2D eigenvalue weighted by Gasteiger charge is -2.08. The Morgan fingerprint density at radius 3 is 2.04 bits per heavy atom. The van der Waals surface area contributed by atoms with E-state index in [4.69, 9.17) is 14.5 Å². The quantitative estimate of drug-likeness (QED) is 0.565. The van der Waals surface area contributed by atoms with E-state index in [1.54, 1.807) is 19.2 Å². The van der Waals surface area contributed by atoms with Gasteiger partial charge in [-0.2, -0.15) is 8.42 Å². The molecule has 2 aromatic carbocycles. The summed E-state index contributed by atoms with van der Waals surface area (Å²) in [7, 11) is -2.37. The van der Waals surface area contributed by atoms with Gasteiger partial charge in [0.15, 0.2) is 0 Å². The fraction of sp³-hybridized carbons (Fsp3) is 0.294. The zero-order chi connectivity index (χ0) is 18.2. The molecule has 0 saturated carbocycles. The minimum Gasteiger partial charge on any atom is -0.497 e. The molecule has 0 radical (unpaired) electrons. The molecule has 0 fully saturated rings. The van der Waals surface area contributed by atoms with Crippen molar-refractivity contribution in [3.05, 3.63) is 59.7 Å². The molecular weight excluding hydrogens is 330 g/mol. The molecule has 3 N–H and O–H groups in total. The largest absolute Gasteiger partial charge is 0.497 e. The molecule has 0 aliphatic carbocycles. The molecule has 0 aliphatic rings. The zero-order valence-corrected chi connectivity index (χ0v) is 14.7. The standard InChI is InChI=1S/C10H15NO2.C7H8O3S/c1-8(11-12)7-9-3-5-10(13-2)6-4-9;1-6-2-4-7(5-3-6)11(8,9)10/h3-6,8,11-12H,7H2,1-2H3;2-5H,1H3,(H,8,9,10). The fourth-order valence-corrected chi connectivity index (χ4v) is 2.35. The van der Waals surface area contributed by atoms with Crippen molar-refractivity contribution >= 4 is 10.1 Å². The number of nitrogens with one attached hydrogen (secondary N) is 1. The predicted octanol–water partition coefficient (Wildman–Crippen LogP) is 2.85. The van der Waals surface area contributed by atoms with Crippen LogP contribution < -0.4 is 10.2 Å². The Morgan fingerprint density at radius 2 is 1.62 bits per heavy atom. The Kier molecular flexibility index (Phi) is 7.87. The van der Waals surface area contributed by atoms with Gasteiger partial charge in [-0.05, 0) is 50.1 Å². The molecule has 2 aromatic rings. The number of aryl methyl sites for hydroxylation is 1. The van der Waals surface area contributed by atoms with E-state index < -0.39 is 10.1 Å². The topological polar surface area (TPSA) is 95.9 Å².